The predicted octanol–water partition coefficient (Wildman–Crippen LogP) is 2.52. The van der Waals surface area contributed by atoms with Crippen LogP contribution in [0.4, 0.5) is 4.79 Å². The second-order valence-corrected chi connectivity index (χ2v) is 5.05. The van der Waals surface area contributed by atoms with E-state index in [1.807, 2.05) is 43.3 Å². The van der Waals surface area contributed by atoms with Gasteiger partial charge in [-0.05, 0) is 35.2 Å². The molecule has 3 N–H and O–H groups in total. The monoisotopic (exact) mass is 299 g/mol. The highest BCUT2D eigenvalue weighted by Crippen LogP contribution is 2.14. The van der Waals surface area contributed by atoms with E-state index in [4.69, 9.17) is 5.11 Å². The van der Waals surface area contributed by atoms with Crippen molar-refractivity contribution in [3.63, 3.8) is 0 Å². The van der Waals surface area contributed by atoms with Crippen LogP contribution in [0.3, 0.4) is 0 Å². The lowest BCUT2D eigenvalue weighted by molar-refractivity contribution is 0.236. The van der Waals surface area contributed by atoms with E-state index in [0.717, 1.165) is 23.1 Å². The molecule has 2 amide bonds. The summed E-state index contributed by atoms with van der Waals surface area (Å²) in [6.45, 7) is 2.45. The molecular formula is C17H21N3O2. The lowest BCUT2D eigenvalue weighted by atomic mass is 10.1. The van der Waals surface area contributed by atoms with Gasteiger partial charge in [0.15, 0.2) is 0 Å². The summed E-state index contributed by atoms with van der Waals surface area (Å²) in [6, 6.07) is 11.1. The first-order chi connectivity index (χ1) is 10.7. The maximum Gasteiger partial charge on any atom is 0.315 e. The van der Waals surface area contributed by atoms with Gasteiger partial charge in [-0.1, -0.05) is 31.2 Å². The van der Waals surface area contributed by atoms with Crippen LogP contribution in [0.5, 0.6) is 0 Å². The number of nitrogens with zero attached hydrogens (tertiary/aromatic N) is 1. The van der Waals surface area contributed by atoms with Crippen LogP contribution < -0.4 is 10.6 Å². The molecule has 116 valence electrons. The third-order valence-corrected chi connectivity index (χ3v) is 3.45. The summed E-state index contributed by atoms with van der Waals surface area (Å²) in [6.07, 6.45) is 4.24. The molecular weight excluding hydrogens is 278 g/mol. The second-order valence-electron chi connectivity index (χ2n) is 5.05. The van der Waals surface area contributed by atoms with Gasteiger partial charge in [0, 0.05) is 18.9 Å². The van der Waals surface area contributed by atoms with Gasteiger partial charge in [-0.15, -0.1) is 0 Å². The molecule has 0 aliphatic heterocycles. The lowest BCUT2D eigenvalue weighted by Gasteiger charge is -2.17. The first kappa shape index (κ1) is 16.0. The molecule has 0 spiro atoms. The Morgan fingerprint density at radius 1 is 1.23 bits per heavy atom. The molecule has 1 heterocycles. The maximum atomic E-state index is 12.0. The molecule has 0 saturated carbocycles. The summed E-state index contributed by atoms with van der Waals surface area (Å²) in [7, 11) is 0. The quantitative estimate of drug-likeness (QED) is 0.767. The standard InChI is InChI=1S/C17H21N3O2/c1-2-16(15-6-8-18-9-7-15)20-17(22)19-11-13-4-3-5-14(10-13)12-21/h3-10,16,21H,2,11-12H2,1H3,(H2,19,20,22)/t16-/m0/s1. The van der Waals surface area contributed by atoms with Crippen molar-refractivity contribution in [2.24, 2.45) is 0 Å². The summed E-state index contributed by atoms with van der Waals surface area (Å²) in [5.41, 5.74) is 2.83. The number of benzene rings is 1. The summed E-state index contributed by atoms with van der Waals surface area (Å²) in [4.78, 5) is 16.0. The zero-order valence-electron chi connectivity index (χ0n) is 12.6. The van der Waals surface area contributed by atoms with Crippen LogP contribution in [0.1, 0.15) is 36.1 Å². The Morgan fingerprint density at radius 3 is 2.64 bits per heavy atom. The number of carbonyl (C=O) groups is 1. The predicted molar refractivity (Wildman–Crippen MR) is 85.0 cm³/mol. The van der Waals surface area contributed by atoms with Crippen molar-refractivity contribution in [2.45, 2.75) is 32.5 Å². The Morgan fingerprint density at radius 2 is 1.95 bits per heavy atom. The number of rotatable bonds is 6. The number of aliphatic hydroxyl groups is 1. The maximum absolute atomic E-state index is 12.0. The van der Waals surface area contributed by atoms with Crippen LogP contribution in [-0.2, 0) is 13.2 Å². The Bertz CT molecular complexity index is 602. The minimum absolute atomic E-state index is 0.0000120. The number of aromatic nitrogens is 1. The highest BCUT2D eigenvalue weighted by Gasteiger charge is 2.12. The SMILES string of the molecule is CC[C@H](NC(=O)NCc1cccc(CO)c1)c1ccncc1. The molecule has 1 aromatic heterocycles. The van der Waals surface area contributed by atoms with Crippen LogP contribution in [0.2, 0.25) is 0 Å². The van der Waals surface area contributed by atoms with Crippen LogP contribution in [0.25, 0.3) is 0 Å². The number of urea groups is 1. The average Bonchev–Trinajstić information content (AvgIpc) is 2.58. The lowest BCUT2D eigenvalue weighted by Crippen LogP contribution is -2.37. The van der Waals surface area contributed by atoms with Crippen molar-refractivity contribution in [1.82, 2.24) is 15.6 Å². The van der Waals surface area contributed by atoms with Gasteiger partial charge >= 0.3 is 6.03 Å². The van der Waals surface area contributed by atoms with E-state index in [0.29, 0.717) is 6.54 Å². The van der Waals surface area contributed by atoms with Gasteiger partial charge in [0.1, 0.15) is 0 Å². The number of nitrogens with one attached hydrogen (secondary N) is 2. The third kappa shape index (κ3) is 4.56. The second kappa shape index (κ2) is 8.14. The Hall–Kier alpha value is -2.40. The molecule has 0 unspecified atom stereocenters. The van der Waals surface area contributed by atoms with Gasteiger partial charge < -0.3 is 15.7 Å². The minimum atomic E-state index is -0.210. The normalized spacial score (nSPS) is 11.7. The molecule has 1 atom stereocenters. The third-order valence-electron chi connectivity index (χ3n) is 3.45. The zero-order valence-corrected chi connectivity index (χ0v) is 12.6. The van der Waals surface area contributed by atoms with Crippen molar-refractivity contribution >= 4 is 6.03 Å². The van der Waals surface area contributed by atoms with Gasteiger partial charge in [0.2, 0.25) is 0 Å². The highest BCUT2D eigenvalue weighted by atomic mass is 16.3. The fourth-order valence-corrected chi connectivity index (χ4v) is 2.25. The zero-order chi connectivity index (χ0) is 15.8. The molecule has 0 aliphatic rings. The van der Waals surface area contributed by atoms with E-state index in [2.05, 4.69) is 15.6 Å². The van der Waals surface area contributed by atoms with Crippen molar-refractivity contribution in [3.05, 3.63) is 65.5 Å². The molecule has 0 radical (unpaired) electrons. The van der Waals surface area contributed by atoms with Crippen LogP contribution in [-0.4, -0.2) is 16.1 Å². The average molecular weight is 299 g/mol. The number of hydrogen-bond donors (Lipinski definition) is 3. The van der Waals surface area contributed by atoms with Gasteiger partial charge in [-0.25, -0.2) is 4.79 Å². The molecule has 1 aromatic carbocycles. The van der Waals surface area contributed by atoms with Crippen molar-refractivity contribution in [1.29, 1.82) is 0 Å². The van der Waals surface area contributed by atoms with Gasteiger partial charge in [-0.3, -0.25) is 4.98 Å². The summed E-state index contributed by atoms with van der Waals surface area (Å²) >= 11 is 0. The van der Waals surface area contributed by atoms with E-state index in [1.54, 1.807) is 12.4 Å². The first-order valence-electron chi connectivity index (χ1n) is 7.36. The highest BCUT2D eigenvalue weighted by molar-refractivity contribution is 5.74. The summed E-state index contributed by atoms with van der Waals surface area (Å²) in [5.74, 6) is 0. The van der Waals surface area contributed by atoms with E-state index in [9.17, 15) is 4.79 Å². The topological polar surface area (TPSA) is 74.2 Å². The van der Waals surface area contributed by atoms with Gasteiger partial charge in [0.05, 0.1) is 12.6 Å². The fraction of sp³-hybridized carbons (Fsp3) is 0.294. The number of aliphatic hydroxyl groups excluding tert-OH is 1. The van der Waals surface area contributed by atoms with E-state index >= 15 is 0 Å². The smallest absolute Gasteiger partial charge is 0.315 e. The molecule has 5 heteroatoms. The molecule has 2 aromatic rings. The number of pyridine rings is 1. The van der Waals surface area contributed by atoms with Crippen LogP contribution in [0.15, 0.2) is 48.8 Å². The van der Waals surface area contributed by atoms with Gasteiger partial charge in [-0.2, -0.15) is 0 Å². The Labute approximate surface area is 130 Å². The summed E-state index contributed by atoms with van der Waals surface area (Å²) in [5, 5.41) is 14.9. The molecule has 0 saturated heterocycles. The van der Waals surface area contributed by atoms with E-state index in [-0.39, 0.29) is 18.7 Å². The molecule has 0 fully saturated rings. The molecule has 22 heavy (non-hydrogen) atoms. The Balaban J connectivity index is 1.89. The number of hydrogen-bond acceptors (Lipinski definition) is 3. The summed E-state index contributed by atoms with van der Waals surface area (Å²) < 4.78 is 0. The van der Waals surface area contributed by atoms with E-state index in [1.165, 1.54) is 0 Å². The molecule has 5 nitrogen and oxygen atoms in total. The molecule has 0 aliphatic carbocycles. The van der Waals surface area contributed by atoms with Crippen LogP contribution >= 0.6 is 0 Å². The van der Waals surface area contributed by atoms with Crippen molar-refractivity contribution in [3.8, 4) is 0 Å². The molecule has 2 rings (SSSR count). The minimum Gasteiger partial charge on any atom is -0.392 e. The van der Waals surface area contributed by atoms with Gasteiger partial charge in [0.25, 0.3) is 0 Å². The van der Waals surface area contributed by atoms with E-state index < -0.39 is 0 Å². The first-order valence-corrected chi connectivity index (χ1v) is 7.36. The van der Waals surface area contributed by atoms with Crippen molar-refractivity contribution in [2.75, 3.05) is 0 Å². The molecule has 0 bridgehead atoms. The fourth-order valence-electron chi connectivity index (χ4n) is 2.25. The number of carbonyl (C=O) groups excluding carboxylic acids is 1. The Kier molecular flexibility index (Phi) is 5.91. The largest absolute Gasteiger partial charge is 0.392 e. The van der Waals surface area contributed by atoms with Crippen molar-refractivity contribution < 1.29 is 9.90 Å². The number of amides is 2. The van der Waals surface area contributed by atoms with Crippen LogP contribution in [0, 0.1) is 0 Å².